The van der Waals surface area contributed by atoms with E-state index < -0.39 is 0 Å². The second-order valence-electron chi connectivity index (χ2n) is 8.52. The number of rotatable bonds is 6. The van der Waals surface area contributed by atoms with Crippen molar-refractivity contribution >= 4 is 0 Å². The second kappa shape index (κ2) is 7.67. The van der Waals surface area contributed by atoms with Crippen LogP contribution in [-0.2, 0) is 11.2 Å². The van der Waals surface area contributed by atoms with Gasteiger partial charge in [0, 0.05) is 36.5 Å². The molecule has 2 aromatic heterocycles. The van der Waals surface area contributed by atoms with Crippen molar-refractivity contribution in [3.8, 4) is 17.1 Å². The summed E-state index contributed by atoms with van der Waals surface area (Å²) in [4.78, 5) is 13.4. The average molecular weight is 393 g/mol. The predicted molar refractivity (Wildman–Crippen MR) is 113 cm³/mol. The summed E-state index contributed by atoms with van der Waals surface area (Å²) < 4.78 is 7.09. The summed E-state index contributed by atoms with van der Waals surface area (Å²) in [5.74, 6) is 1.86. The molecule has 152 valence electrons. The van der Waals surface area contributed by atoms with Gasteiger partial charge in [0.25, 0.3) is 5.56 Å². The summed E-state index contributed by atoms with van der Waals surface area (Å²) in [5.41, 5.74) is 5.17. The van der Waals surface area contributed by atoms with Gasteiger partial charge in [0.1, 0.15) is 0 Å². The highest BCUT2D eigenvalue weighted by Gasteiger charge is 2.27. The van der Waals surface area contributed by atoms with Crippen LogP contribution in [0.1, 0.15) is 54.8 Å². The van der Waals surface area contributed by atoms with Crippen LogP contribution in [0, 0.1) is 12.8 Å². The molecule has 1 saturated carbocycles. The van der Waals surface area contributed by atoms with E-state index in [1.807, 2.05) is 6.07 Å². The number of hydrogen-bond donors (Lipinski definition) is 2. The van der Waals surface area contributed by atoms with Crippen molar-refractivity contribution in [2.45, 2.75) is 51.4 Å². The van der Waals surface area contributed by atoms with Crippen molar-refractivity contribution in [2.24, 2.45) is 5.92 Å². The maximum absolute atomic E-state index is 13.4. The van der Waals surface area contributed by atoms with Gasteiger partial charge in [0.2, 0.25) is 0 Å². The zero-order valence-corrected chi connectivity index (χ0v) is 16.9. The Morgan fingerprint density at radius 1 is 1.14 bits per heavy atom. The van der Waals surface area contributed by atoms with Gasteiger partial charge in [-0.25, -0.2) is 0 Å². The van der Waals surface area contributed by atoms with Gasteiger partial charge in [-0.3, -0.25) is 15.0 Å². The molecule has 0 amide bonds. The number of H-pyrrole nitrogens is 2. The fourth-order valence-corrected chi connectivity index (χ4v) is 4.25. The molecule has 2 N–H and O–H groups in total. The number of nitrogens with zero attached hydrogens (tertiary/aromatic N) is 2. The Labute approximate surface area is 170 Å². The molecule has 5 rings (SSSR count). The van der Waals surface area contributed by atoms with Crippen molar-refractivity contribution in [2.75, 3.05) is 13.2 Å². The Morgan fingerprint density at radius 2 is 1.90 bits per heavy atom. The van der Waals surface area contributed by atoms with Crippen LogP contribution in [0.2, 0.25) is 0 Å². The highest BCUT2D eigenvalue weighted by atomic mass is 16.5. The van der Waals surface area contributed by atoms with Crippen LogP contribution in [-0.4, -0.2) is 33.2 Å². The van der Waals surface area contributed by atoms with Crippen molar-refractivity contribution in [3.05, 3.63) is 57.5 Å². The second-order valence-corrected chi connectivity index (χ2v) is 8.52. The molecule has 3 heterocycles. The third kappa shape index (κ3) is 3.81. The molecule has 1 aliphatic carbocycles. The summed E-state index contributed by atoms with van der Waals surface area (Å²) in [6, 6.07) is 10.4. The van der Waals surface area contributed by atoms with E-state index in [1.165, 1.54) is 18.4 Å². The zero-order chi connectivity index (χ0) is 19.8. The Morgan fingerprint density at radius 3 is 2.62 bits per heavy atom. The smallest absolute Gasteiger partial charge is 0.276 e. The summed E-state index contributed by atoms with van der Waals surface area (Å²) in [6.45, 7) is 3.75. The molecule has 6 heteroatoms. The highest BCUT2D eigenvalue weighted by molar-refractivity contribution is 5.63. The molecular weight excluding hydrogens is 364 g/mol. The highest BCUT2D eigenvalue weighted by Crippen LogP contribution is 2.39. The molecule has 2 fully saturated rings. The predicted octanol–water partition coefficient (Wildman–Crippen LogP) is 4.10. The molecular formula is C23H28N4O2. The van der Waals surface area contributed by atoms with E-state index in [1.54, 1.807) is 4.68 Å². The Hall–Kier alpha value is -2.60. The molecule has 1 aromatic carbocycles. The number of benzene rings is 1. The molecule has 0 bridgehead atoms. The topological polar surface area (TPSA) is 75.7 Å². The monoisotopic (exact) mass is 392 g/mol. The van der Waals surface area contributed by atoms with E-state index in [2.05, 4.69) is 46.5 Å². The maximum atomic E-state index is 13.4. The Balaban J connectivity index is 1.50. The van der Waals surface area contributed by atoms with E-state index in [9.17, 15) is 4.79 Å². The maximum Gasteiger partial charge on any atom is 0.276 e. The Bertz CT molecular complexity index is 1030. The summed E-state index contributed by atoms with van der Waals surface area (Å²) in [5, 5.41) is 10.9. The van der Waals surface area contributed by atoms with Gasteiger partial charge >= 0.3 is 0 Å². The van der Waals surface area contributed by atoms with Gasteiger partial charge in [-0.1, -0.05) is 29.8 Å². The molecule has 29 heavy (non-hydrogen) atoms. The SMILES string of the molecule is Cc1ccc(-c2[nH]n(-c3cc(C4CC4)[nH]n3)c(=O)c2CCC2CCOCC2)cc1. The van der Waals surface area contributed by atoms with E-state index in [0.717, 1.165) is 61.4 Å². The molecule has 0 radical (unpaired) electrons. The fraction of sp³-hybridized carbons (Fsp3) is 0.478. The lowest BCUT2D eigenvalue weighted by atomic mass is 9.92. The average Bonchev–Trinajstić information content (AvgIpc) is 3.39. The van der Waals surface area contributed by atoms with Gasteiger partial charge in [-0.2, -0.15) is 9.78 Å². The van der Waals surface area contributed by atoms with Crippen LogP contribution in [0.15, 0.2) is 35.1 Å². The van der Waals surface area contributed by atoms with Gasteiger partial charge in [0.15, 0.2) is 5.82 Å². The number of aromatic nitrogens is 4. The lowest BCUT2D eigenvalue weighted by Gasteiger charge is -2.21. The van der Waals surface area contributed by atoms with Gasteiger partial charge in [0.05, 0.1) is 5.69 Å². The summed E-state index contributed by atoms with van der Waals surface area (Å²) in [6.07, 6.45) is 6.36. The molecule has 0 spiro atoms. The quantitative estimate of drug-likeness (QED) is 0.663. The molecule has 2 aliphatic rings. The van der Waals surface area contributed by atoms with Crippen LogP contribution >= 0.6 is 0 Å². The number of nitrogens with one attached hydrogen (secondary N) is 2. The lowest BCUT2D eigenvalue weighted by Crippen LogP contribution is -2.20. The third-order valence-electron chi connectivity index (χ3n) is 6.30. The van der Waals surface area contributed by atoms with E-state index in [0.29, 0.717) is 17.7 Å². The minimum atomic E-state index is 0.0153. The summed E-state index contributed by atoms with van der Waals surface area (Å²) in [7, 11) is 0. The van der Waals surface area contributed by atoms with Gasteiger partial charge in [-0.15, -0.1) is 0 Å². The minimum Gasteiger partial charge on any atom is -0.381 e. The molecule has 3 aromatic rings. The first-order chi connectivity index (χ1) is 14.2. The molecule has 1 aliphatic heterocycles. The van der Waals surface area contributed by atoms with Crippen LogP contribution in [0.4, 0.5) is 0 Å². The first-order valence-corrected chi connectivity index (χ1v) is 10.7. The zero-order valence-electron chi connectivity index (χ0n) is 16.9. The number of aryl methyl sites for hydroxylation is 1. The van der Waals surface area contributed by atoms with Crippen LogP contribution < -0.4 is 5.56 Å². The normalized spacial score (nSPS) is 17.7. The molecule has 0 unspecified atom stereocenters. The number of ether oxygens (including phenoxy) is 1. The van der Waals surface area contributed by atoms with E-state index in [-0.39, 0.29) is 5.56 Å². The minimum absolute atomic E-state index is 0.0153. The van der Waals surface area contributed by atoms with Crippen LogP contribution in [0.25, 0.3) is 17.1 Å². The van der Waals surface area contributed by atoms with Crippen molar-refractivity contribution in [1.29, 1.82) is 0 Å². The summed E-state index contributed by atoms with van der Waals surface area (Å²) >= 11 is 0. The van der Waals surface area contributed by atoms with Crippen LogP contribution in [0.5, 0.6) is 0 Å². The van der Waals surface area contributed by atoms with Crippen molar-refractivity contribution < 1.29 is 4.74 Å². The van der Waals surface area contributed by atoms with Gasteiger partial charge < -0.3 is 4.74 Å². The third-order valence-corrected chi connectivity index (χ3v) is 6.30. The number of aromatic amines is 2. The lowest BCUT2D eigenvalue weighted by molar-refractivity contribution is 0.0640. The van der Waals surface area contributed by atoms with Crippen LogP contribution in [0.3, 0.4) is 0 Å². The molecule has 6 nitrogen and oxygen atoms in total. The molecule has 1 saturated heterocycles. The molecule has 0 atom stereocenters. The number of hydrogen-bond acceptors (Lipinski definition) is 3. The van der Waals surface area contributed by atoms with E-state index in [4.69, 9.17) is 4.74 Å². The Kier molecular flexibility index (Phi) is 4.87. The standard InChI is InChI=1S/C23H28N4O2/c1-15-2-5-18(6-3-15)22-19(9-4-16-10-12-29-13-11-16)23(28)27(26-22)21-14-20(24-25-21)17-7-8-17/h2-3,5-6,14,16-17,26H,4,7-13H2,1H3,(H,24,25). The first-order valence-electron chi connectivity index (χ1n) is 10.7. The first kappa shape index (κ1) is 18.4. The van der Waals surface area contributed by atoms with Gasteiger partial charge in [-0.05, 0) is 56.9 Å². The largest absolute Gasteiger partial charge is 0.381 e. The van der Waals surface area contributed by atoms with E-state index >= 15 is 0 Å². The van der Waals surface area contributed by atoms with Crippen molar-refractivity contribution in [3.63, 3.8) is 0 Å². The van der Waals surface area contributed by atoms with Crippen molar-refractivity contribution in [1.82, 2.24) is 20.0 Å². The fourth-order valence-electron chi connectivity index (χ4n) is 4.25.